The van der Waals surface area contributed by atoms with Crippen molar-refractivity contribution in [1.82, 2.24) is 29.3 Å². The van der Waals surface area contributed by atoms with Gasteiger partial charge in [-0.25, -0.2) is 28.4 Å². The molecular weight excluding hydrogens is 535 g/mol. The number of fused-ring (bicyclic) bond motifs is 1. The van der Waals surface area contributed by atoms with Gasteiger partial charge in [-0.1, -0.05) is 22.2 Å². The van der Waals surface area contributed by atoms with Gasteiger partial charge in [0, 0.05) is 31.1 Å². The number of hydrogen-bond acceptors (Lipinski definition) is 6. The summed E-state index contributed by atoms with van der Waals surface area (Å²) in [4.78, 5) is 27.9. The van der Waals surface area contributed by atoms with Crippen molar-refractivity contribution in [1.29, 1.82) is 0 Å². The predicted octanol–water partition coefficient (Wildman–Crippen LogP) is 4.89. The second kappa shape index (κ2) is 9.44. The second-order valence-electron chi connectivity index (χ2n) is 11.0. The molecule has 2 atom stereocenters. The molecule has 1 amide bonds. The lowest BCUT2D eigenvalue weighted by molar-refractivity contribution is -0.119. The summed E-state index contributed by atoms with van der Waals surface area (Å²) >= 11 is 0. The number of anilines is 1. The Morgan fingerprint density at radius 1 is 1.23 bits per heavy atom. The van der Waals surface area contributed by atoms with Crippen LogP contribution >= 0.6 is 9.24 Å². The summed E-state index contributed by atoms with van der Waals surface area (Å²) in [6, 6.07) is 6.61. The molecule has 3 aromatic heterocycles. The number of carbonyl (C=O) groups is 1. The Labute approximate surface area is 232 Å². The topological polar surface area (TPSA) is 91.0 Å². The molecular formula is C28H30F2N7O2P. The summed E-state index contributed by atoms with van der Waals surface area (Å²) in [6.45, 7) is 4.13. The van der Waals surface area contributed by atoms with Crippen molar-refractivity contribution >= 4 is 21.0 Å². The van der Waals surface area contributed by atoms with Gasteiger partial charge in [0.25, 0.3) is 0 Å². The van der Waals surface area contributed by atoms with Crippen LogP contribution in [0.1, 0.15) is 50.1 Å². The van der Waals surface area contributed by atoms with Crippen molar-refractivity contribution < 1.29 is 18.3 Å². The van der Waals surface area contributed by atoms with Crippen LogP contribution in [-0.4, -0.2) is 42.3 Å². The minimum atomic E-state index is -1.73. The molecule has 2 unspecified atom stereocenters. The van der Waals surface area contributed by atoms with Crippen LogP contribution in [0, 0.1) is 5.82 Å². The van der Waals surface area contributed by atoms with Crippen LogP contribution in [0.4, 0.5) is 14.6 Å². The molecule has 12 heteroatoms. The molecule has 0 radical (unpaired) electrons. The minimum Gasteiger partial charge on any atom is -0.480 e. The molecule has 1 aliphatic heterocycles. The van der Waals surface area contributed by atoms with E-state index in [-0.39, 0.29) is 35.5 Å². The van der Waals surface area contributed by atoms with Crippen molar-refractivity contribution in [3.8, 4) is 28.5 Å². The standard InChI is InChI=1S/C28H30F2N7O2P/c1-27(8-9-27)24-23(26(39-4)32-15-31-24)19-12-21-36(22(38)7-10-37(21)34-19)13-16-5-6-17(18(29)11-16)25-33-20(14-35(25)3)28(2,30)40/h5-6,11-12,14-15H,7-10,13,40H2,1-4H3. The van der Waals surface area contributed by atoms with Gasteiger partial charge in [-0.2, -0.15) is 5.10 Å². The summed E-state index contributed by atoms with van der Waals surface area (Å²) in [5, 5.41) is 3.08. The number of methoxy groups -OCH3 is 1. The number of nitrogens with zero attached hydrogens (tertiary/aromatic N) is 7. The third-order valence-electron chi connectivity index (χ3n) is 7.70. The lowest BCUT2D eigenvalue weighted by Gasteiger charge is -2.27. The normalized spacial score (nSPS) is 17.5. The van der Waals surface area contributed by atoms with Gasteiger partial charge in [0.05, 0.1) is 42.7 Å². The molecule has 1 aliphatic carbocycles. The van der Waals surface area contributed by atoms with Crippen molar-refractivity contribution in [2.75, 3.05) is 12.0 Å². The van der Waals surface area contributed by atoms with Gasteiger partial charge in [0.2, 0.25) is 11.8 Å². The molecule has 6 rings (SSSR count). The molecule has 4 heterocycles. The van der Waals surface area contributed by atoms with Gasteiger partial charge in [-0.3, -0.25) is 9.69 Å². The molecule has 0 spiro atoms. The van der Waals surface area contributed by atoms with E-state index in [0.29, 0.717) is 35.3 Å². The number of ether oxygens (including phenoxy) is 1. The zero-order valence-electron chi connectivity index (χ0n) is 22.8. The maximum atomic E-state index is 15.3. The van der Waals surface area contributed by atoms with Gasteiger partial charge in [-0.15, -0.1) is 0 Å². The van der Waals surface area contributed by atoms with E-state index in [1.54, 1.807) is 46.6 Å². The Morgan fingerprint density at radius 3 is 2.65 bits per heavy atom. The lowest BCUT2D eigenvalue weighted by atomic mass is 9.98. The van der Waals surface area contributed by atoms with Gasteiger partial charge in [0.15, 0.2) is 5.41 Å². The lowest BCUT2D eigenvalue weighted by Crippen LogP contribution is -2.36. The van der Waals surface area contributed by atoms with E-state index in [0.717, 1.165) is 24.1 Å². The Kier molecular flexibility index (Phi) is 6.25. The van der Waals surface area contributed by atoms with E-state index in [9.17, 15) is 9.18 Å². The van der Waals surface area contributed by atoms with Gasteiger partial charge >= 0.3 is 0 Å². The second-order valence-corrected chi connectivity index (χ2v) is 12.0. The number of rotatable bonds is 7. The quantitative estimate of drug-likeness (QED) is 0.296. The number of halogens is 2. The number of hydrogen-bond donors (Lipinski definition) is 0. The van der Waals surface area contributed by atoms with Crippen LogP contribution in [0.25, 0.3) is 22.6 Å². The highest BCUT2D eigenvalue weighted by molar-refractivity contribution is 7.18. The molecule has 0 bridgehead atoms. The average Bonchev–Trinajstić information content (AvgIpc) is 3.32. The van der Waals surface area contributed by atoms with Crippen LogP contribution < -0.4 is 9.64 Å². The van der Waals surface area contributed by atoms with Crippen LogP contribution in [0.3, 0.4) is 0 Å². The summed E-state index contributed by atoms with van der Waals surface area (Å²) in [6.07, 6.45) is 5.36. The fourth-order valence-electron chi connectivity index (χ4n) is 5.15. The summed E-state index contributed by atoms with van der Waals surface area (Å²) in [5.74, 6) is 0.794. The Morgan fingerprint density at radius 2 is 2.00 bits per heavy atom. The number of amides is 1. The first-order chi connectivity index (χ1) is 19.0. The minimum absolute atomic E-state index is 0.0583. The summed E-state index contributed by atoms with van der Waals surface area (Å²) in [7, 11) is 5.36. The summed E-state index contributed by atoms with van der Waals surface area (Å²) < 4.78 is 38.7. The fraction of sp³-hybridized carbons (Fsp3) is 0.393. The number of carbonyl (C=O) groups excluding carboxylic acids is 1. The highest BCUT2D eigenvalue weighted by atomic mass is 31.0. The van der Waals surface area contributed by atoms with Crippen molar-refractivity contribution in [3.63, 3.8) is 0 Å². The largest absolute Gasteiger partial charge is 0.480 e. The molecule has 40 heavy (non-hydrogen) atoms. The molecule has 208 valence electrons. The average molecular weight is 566 g/mol. The van der Waals surface area contributed by atoms with Gasteiger partial charge < -0.3 is 9.30 Å². The SMILES string of the molecule is COc1ncnc(C2(C)CC2)c1-c1cc2n(n1)CCC(=O)N2Cc1ccc(-c2nc(C(C)(F)P)cn2C)c(F)c1. The van der Waals surface area contributed by atoms with Crippen LogP contribution in [-0.2, 0) is 35.8 Å². The van der Waals surface area contributed by atoms with E-state index in [1.165, 1.54) is 19.3 Å². The maximum absolute atomic E-state index is 15.3. The first-order valence-electron chi connectivity index (χ1n) is 13.1. The van der Waals surface area contributed by atoms with Crippen LogP contribution in [0.15, 0.2) is 36.8 Å². The predicted molar refractivity (Wildman–Crippen MR) is 149 cm³/mol. The number of benzene rings is 1. The molecule has 1 fully saturated rings. The van der Waals surface area contributed by atoms with Crippen molar-refractivity contribution in [3.05, 3.63) is 59.6 Å². The number of aryl methyl sites for hydroxylation is 2. The molecule has 2 aliphatic rings. The number of aromatic nitrogens is 6. The molecule has 1 saturated carbocycles. The molecule has 4 aromatic rings. The highest BCUT2D eigenvalue weighted by Crippen LogP contribution is 2.51. The zero-order chi connectivity index (χ0) is 28.4. The van der Waals surface area contributed by atoms with Crippen LogP contribution in [0.5, 0.6) is 5.88 Å². The Balaban J connectivity index is 1.33. The first kappa shape index (κ1) is 26.5. The van der Waals surface area contributed by atoms with E-state index in [2.05, 4.69) is 31.1 Å². The van der Waals surface area contributed by atoms with E-state index >= 15 is 4.39 Å². The third-order valence-corrected chi connectivity index (χ3v) is 8.00. The smallest absolute Gasteiger partial charge is 0.230 e. The van der Waals surface area contributed by atoms with E-state index < -0.39 is 11.2 Å². The highest BCUT2D eigenvalue weighted by Gasteiger charge is 2.44. The first-order valence-corrected chi connectivity index (χ1v) is 13.6. The number of imidazole rings is 1. The maximum Gasteiger partial charge on any atom is 0.230 e. The Hall–Kier alpha value is -3.72. The Bertz CT molecular complexity index is 1640. The van der Waals surface area contributed by atoms with Gasteiger partial charge in [-0.05, 0) is 37.5 Å². The van der Waals surface area contributed by atoms with Crippen LogP contribution in [0.2, 0.25) is 0 Å². The zero-order valence-corrected chi connectivity index (χ0v) is 23.9. The monoisotopic (exact) mass is 565 g/mol. The van der Waals surface area contributed by atoms with E-state index in [4.69, 9.17) is 9.84 Å². The van der Waals surface area contributed by atoms with Gasteiger partial charge in [0.1, 0.15) is 29.5 Å². The number of alkyl halides is 1. The molecule has 1 aromatic carbocycles. The summed E-state index contributed by atoms with van der Waals surface area (Å²) in [5.41, 5.74) is 3.25. The van der Waals surface area contributed by atoms with Crippen molar-refractivity contribution in [2.24, 2.45) is 7.05 Å². The van der Waals surface area contributed by atoms with Crippen molar-refractivity contribution in [2.45, 2.75) is 57.0 Å². The molecule has 0 saturated heterocycles. The third kappa shape index (κ3) is 4.56. The van der Waals surface area contributed by atoms with E-state index in [1.807, 2.05) is 6.07 Å². The molecule has 9 nitrogen and oxygen atoms in total. The molecule has 0 N–H and O–H groups in total. The fourth-order valence-corrected chi connectivity index (χ4v) is 5.29.